The first-order valence-corrected chi connectivity index (χ1v) is 6.46. The molecule has 1 heterocycles. The topological polar surface area (TPSA) is 41.1 Å². The van der Waals surface area contributed by atoms with E-state index in [4.69, 9.17) is 0 Å². The van der Waals surface area contributed by atoms with Gasteiger partial charge in [-0.25, -0.2) is 8.78 Å². The lowest BCUT2D eigenvalue weighted by Gasteiger charge is -2.27. The zero-order chi connectivity index (χ0) is 12.0. The minimum Gasteiger partial charge on any atom is -0.352 e. The molecule has 0 spiro atoms. The van der Waals surface area contributed by atoms with Gasteiger partial charge in [-0.05, 0) is 24.7 Å². The van der Waals surface area contributed by atoms with Crippen molar-refractivity contribution >= 4 is 5.91 Å². The third kappa shape index (κ3) is 2.17. The third-order valence-corrected chi connectivity index (χ3v) is 4.49. The number of rotatable bonds is 2. The summed E-state index contributed by atoms with van der Waals surface area (Å²) in [6.07, 6.45) is 0.395. The fourth-order valence-corrected chi connectivity index (χ4v) is 3.22. The van der Waals surface area contributed by atoms with Crippen LogP contribution in [0.3, 0.4) is 0 Å². The Morgan fingerprint density at radius 2 is 1.76 bits per heavy atom. The van der Waals surface area contributed by atoms with Crippen LogP contribution in [0.1, 0.15) is 25.7 Å². The second kappa shape index (κ2) is 3.90. The van der Waals surface area contributed by atoms with Crippen molar-refractivity contribution in [2.45, 2.75) is 37.6 Å². The Kier molecular flexibility index (Phi) is 2.61. The van der Waals surface area contributed by atoms with Crippen molar-refractivity contribution in [3.8, 4) is 0 Å². The molecule has 1 aliphatic heterocycles. The molecule has 96 valence electrons. The Morgan fingerprint density at radius 3 is 2.35 bits per heavy atom. The summed E-state index contributed by atoms with van der Waals surface area (Å²) in [5.41, 5.74) is 0. The van der Waals surface area contributed by atoms with Gasteiger partial charge in [-0.2, -0.15) is 0 Å². The van der Waals surface area contributed by atoms with Gasteiger partial charge in [-0.1, -0.05) is 0 Å². The minimum absolute atomic E-state index is 0.0000926. The van der Waals surface area contributed by atoms with Gasteiger partial charge >= 0.3 is 0 Å². The van der Waals surface area contributed by atoms with Crippen LogP contribution in [-0.2, 0) is 4.79 Å². The van der Waals surface area contributed by atoms with Crippen LogP contribution in [-0.4, -0.2) is 31.0 Å². The summed E-state index contributed by atoms with van der Waals surface area (Å²) in [6, 6.07) is 0.311. The van der Waals surface area contributed by atoms with Gasteiger partial charge in [-0.15, -0.1) is 0 Å². The van der Waals surface area contributed by atoms with E-state index in [2.05, 4.69) is 10.6 Å². The molecule has 0 radical (unpaired) electrons. The fraction of sp³-hybridized carbons (Fsp3) is 0.917. The molecule has 3 aliphatic rings. The van der Waals surface area contributed by atoms with Gasteiger partial charge in [0, 0.05) is 37.9 Å². The lowest BCUT2D eigenvalue weighted by molar-refractivity contribution is -0.129. The van der Waals surface area contributed by atoms with Crippen molar-refractivity contribution < 1.29 is 13.6 Å². The van der Waals surface area contributed by atoms with Crippen LogP contribution in [0, 0.1) is 17.8 Å². The molecular formula is C12H18F2N2O. The van der Waals surface area contributed by atoms with Gasteiger partial charge < -0.3 is 10.6 Å². The van der Waals surface area contributed by atoms with Gasteiger partial charge in [0.25, 0.3) is 0 Å². The van der Waals surface area contributed by atoms with E-state index in [0.29, 0.717) is 30.7 Å². The molecule has 2 saturated carbocycles. The highest BCUT2D eigenvalue weighted by molar-refractivity contribution is 5.79. The second-order valence-electron chi connectivity index (χ2n) is 5.65. The number of amides is 1. The molecule has 2 atom stereocenters. The number of carbonyl (C=O) groups excluding carboxylic acids is 1. The summed E-state index contributed by atoms with van der Waals surface area (Å²) in [7, 11) is 0. The highest BCUT2D eigenvalue weighted by Crippen LogP contribution is 2.42. The summed E-state index contributed by atoms with van der Waals surface area (Å²) >= 11 is 0. The van der Waals surface area contributed by atoms with Gasteiger partial charge in [0.15, 0.2) is 0 Å². The Bertz CT molecular complexity index is 314. The lowest BCUT2D eigenvalue weighted by Crippen LogP contribution is -2.39. The molecule has 2 N–H and O–H groups in total. The molecule has 0 aromatic carbocycles. The van der Waals surface area contributed by atoms with Crippen LogP contribution in [0.2, 0.25) is 0 Å². The van der Waals surface area contributed by atoms with E-state index in [0.717, 1.165) is 13.1 Å². The maximum atomic E-state index is 13.0. The summed E-state index contributed by atoms with van der Waals surface area (Å²) in [6.45, 7) is 1.97. The first-order valence-electron chi connectivity index (χ1n) is 6.46. The summed E-state index contributed by atoms with van der Waals surface area (Å²) < 4.78 is 25.9. The van der Waals surface area contributed by atoms with Crippen LogP contribution in [0.15, 0.2) is 0 Å². The molecule has 2 aliphatic carbocycles. The number of nitrogens with one attached hydrogen (secondary N) is 2. The van der Waals surface area contributed by atoms with E-state index in [1.165, 1.54) is 0 Å². The van der Waals surface area contributed by atoms with Crippen LogP contribution in [0.25, 0.3) is 0 Å². The Hall–Kier alpha value is -0.710. The molecule has 1 amide bonds. The van der Waals surface area contributed by atoms with Gasteiger partial charge in [0.2, 0.25) is 11.8 Å². The molecule has 2 unspecified atom stereocenters. The van der Waals surface area contributed by atoms with E-state index in [1.54, 1.807) is 0 Å². The average Bonchev–Trinajstić information content (AvgIpc) is 2.74. The number of alkyl halides is 2. The van der Waals surface area contributed by atoms with Gasteiger partial charge in [-0.3, -0.25) is 4.79 Å². The SMILES string of the molecule is O=C(NC1C2CNCC21)C1CCC(F)(F)CC1. The fourth-order valence-electron chi connectivity index (χ4n) is 3.22. The second-order valence-corrected chi connectivity index (χ2v) is 5.65. The molecule has 1 saturated heterocycles. The molecule has 5 heteroatoms. The quantitative estimate of drug-likeness (QED) is 0.765. The average molecular weight is 244 g/mol. The van der Waals surface area contributed by atoms with E-state index < -0.39 is 5.92 Å². The molecule has 17 heavy (non-hydrogen) atoms. The van der Waals surface area contributed by atoms with Crippen molar-refractivity contribution in [1.29, 1.82) is 0 Å². The largest absolute Gasteiger partial charge is 0.352 e. The number of fused-ring (bicyclic) bond motifs is 1. The number of hydrogen-bond donors (Lipinski definition) is 2. The molecule has 0 aromatic rings. The van der Waals surface area contributed by atoms with Crippen LogP contribution in [0.5, 0.6) is 0 Å². The molecule has 3 rings (SSSR count). The minimum atomic E-state index is -2.54. The van der Waals surface area contributed by atoms with Crippen molar-refractivity contribution in [2.24, 2.45) is 17.8 Å². The molecule has 0 bridgehead atoms. The van der Waals surface area contributed by atoms with Gasteiger partial charge in [0.1, 0.15) is 0 Å². The van der Waals surface area contributed by atoms with E-state index in [1.807, 2.05) is 0 Å². The standard InChI is InChI=1S/C12H18F2N2O/c13-12(14)3-1-7(2-4-12)11(17)16-10-8-5-15-6-9(8)10/h7-10,15H,1-6H2,(H,16,17). The summed E-state index contributed by atoms with van der Waals surface area (Å²) in [4.78, 5) is 11.9. The highest BCUT2D eigenvalue weighted by atomic mass is 19.3. The first-order chi connectivity index (χ1) is 8.07. The van der Waals surface area contributed by atoms with Crippen molar-refractivity contribution in [3.05, 3.63) is 0 Å². The molecule has 3 fully saturated rings. The monoisotopic (exact) mass is 244 g/mol. The number of halogens is 2. The third-order valence-electron chi connectivity index (χ3n) is 4.49. The maximum absolute atomic E-state index is 13.0. The smallest absolute Gasteiger partial charge is 0.248 e. The van der Waals surface area contributed by atoms with Crippen molar-refractivity contribution in [1.82, 2.24) is 10.6 Å². The first kappa shape index (κ1) is 11.4. The Balaban J connectivity index is 1.47. The zero-order valence-corrected chi connectivity index (χ0v) is 9.72. The maximum Gasteiger partial charge on any atom is 0.248 e. The summed E-state index contributed by atoms with van der Waals surface area (Å²) in [5, 5.41) is 6.29. The van der Waals surface area contributed by atoms with Crippen molar-refractivity contribution in [2.75, 3.05) is 13.1 Å². The number of carbonyl (C=O) groups is 1. The highest BCUT2D eigenvalue weighted by Gasteiger charge is 2.54. The molecule has 3 nitrogen and oxygen atoms in total. The zero-order valence-electron chi connectivity index (χ0n) is 9.72. The van der Waals surface area contributed by atoms with E-state index in [-0.39, 0.29) is 24.7 Å². The normalized spacial score (nSPS) is 39.8. The predicted octanol–water partition coefficient (Wildman–Crippen LogP) is 1.15. The summed E-state index contributed by atoms with van der Waals surface area (Å²) in [5.74, 6) is -1.56. The van der Waals surface area contributed by atoms with Gasteiger partial charge in [0.05, 0.1) is 0 Å². The van der Waals surface area contributed by atoms with Crippen LogP contribution >= 0.6 is 0 Å². The Morgan fingerprint density at radius 1 is 1.18 bits per heavy atom. The molecular weight excluding hydrogens is 226 g/mol. The van der Waals surface area contributed by atoms with E-state index in [9.17, 15) is 13.6 Å². The Labute approximate surface area is 99.3 Å². The number of piperidine rings is 1. The van der Waals surface area contributed by atoms with Crippen molar-refractivity contribution in [3.63, 3.8) is 0 Å². The lowest BCUT2D eigenvalue weighted by atomic mass is 9.86. The van der Waals surface area contributed by atoms with Crippen LogP contribution in [0.4, 0.5) is 8.78 Å². The molecule has 0 aromatic heterocycles. The van der Waals surface area contributed by atoms with Crippen LogP contribution < -0.4 is 10.6 Å². The predicted molar refractivity (Wildman–Crippen MR) is 58.7 cm³/mol. The van der Waals surface area contributed by atoms with E-state index >= 15 is 0 Å². The number of hydrogen-bond acceptors (Lipinski definition) is 2.